The first-order valence-corrected chi connectivity index (χ1v) is 22.0. The molecule has 4 N–H and O–H groups in total. The molecule has 0 aromatic carbocycles. The Labute approximate surface area is 327 Å². The fraction of sp³-hybridized carbons (Fsp3) is 0.674. The van der Waals surface area contributed by atoms with Gasteiger partial charge in [-0.25, -0.2) is 4.57 Å². The highest BCUT2D eigenvalue weighted by atomic mass is 31.2. The summed E-state index contributed by atoms with van der Waals surface area (Å²) in [7, 11) is -4.43. The van der Waals surface area contributed by atoms with Gasteiger partial charge in [-0.1, -0.05) is 132 Å². The number of hydrogen-bond donors (Lipinski definition) is 3. The molecule has 0 saturated carbocycles. The van der Waals surface area contributed by atoms with Crippen LogP contribution in [0.4, 0.5) is 0 Å². The third kappa shape index (κ3) is 37.7. The maximum atomic E-state index is 12.6. The Morgan fingerprint density at radius 2 is 1.19 bits per heavy atom. The molecule has 10 nitrogen and oxygen atoms in total. The van der Waals surface area contributed by atoms with E-state index in [1.807, 2.05) is 12.2 Å². The lowest BCUT2D eigenvalue weighted by Crippen LogP contribution is -2.29. The van der Waals surface area contributed by atoms with Crippen LogP contribution in [0, 0.1) is 0 Å². The molecule has 0 spiro atoms. The molecule has 0 radical (unpaired) electrons. The quantitative estimate of drug-likeness (QED) is 0.0182. The highest BCUT2D eigenvalue weighted by molar-refractivity contribution is 7.47. The fourth-order valence-electron chi connectivity index (χ4n) is 5.06. The van der Waals surface area contributed by atoms with Crippen molar-refractivity contribution in [3.63, 3.8) is 0 Å². The zero-order valence-electron chi connectivity index (χ0n) is 33.5. The van der Waals surface area contributed by atoms with Crippen molar-refractivity contribution < 1.29 is 42.7 Å². The second-order valence-electron chi connectivity index (χ2n) is 13.3. The summed E-state index contributed by atoms with van der Waals surface area (Å²) in [5, 5.41) is 10.2. The number of hydrogen-bond acceptors (Lipinski definition) is 9. The molecule has 54 heavy (non-hydrogen) atoms. The van der Waals surface area contributed by atoms with Gasteiger partial charge in [0.25, 0.3) is 0 Å². The van der Waals surface area contributed by atoms with Gasteiger partial charge < -0.3 is 25.2 Å². The summed E-state index contributed by atoms with van der Waals surface area (Å²) in [4.78, 5) is 34.8. The molecule has 0 rings (SSSR count). The van der Waals surface area contributed by atoms with E-state index < -0.39 is 38.6 Å². The molecule has 0 aromatic heterocycles. The van der Waals surface area contributed by atoms with Gasteiger partial charge >= 0.3 is 19.8 Å². The number of nitrogens with two attached hydrogens (primary N) is 1. The fourth-order valence-corrected chi connectivity index (χ4v) is 5.82. The third-order valence-electron chi connectivity index (χ3n) is 8.17. The third-order valence-corrected chi connectivity index (χ3v) is 9.15. The first kappa shape index (κ1) is 51.4. The monoisotopic (exact) mass is 780 g/mol. The molecule has 0 amide bonds. The molecular formula is C43H74NO9P. The maximum Gasteiger partial charge on any atom is 0.472 e. The number of ether oxygens (including phenoxy) is 2. The Morgan fingerprint density at radius 1 is 0.648 bits per heavy atom. The van der Waals surface area contributed by atoms with Crippen LogP contribution < -0.4 is 5.73 Å². The van der Waals surface area contributed by atoms with Crippen molar-refractivity contribution >= 4 is 19.8 Å². The lowest BCUT2D eigenvalue weighted by Gasteiger charge is -2.20. The summed E-state index contributed by atoms with van der Waals surface area (Å²) in [6.45, 7) is 3.41. The number of phosphoric acid groups is 1. The molecule has 11 heteroatoms. The normalized spacial score (nSPS) is 14.7. The number of allylic oxidation sites excluding steroid dienone is 11. The van der Waals surface area contributed by atoms with Gasteiger partial charge in [-0.2, -0.15) is 0 Å². The largest absolute Gasteiger partial charge is 0.472 e. The molecule has 3 atom stereocenters. The van der Waals surface area contributed by atoms with Crippen molar-refractivity contribution in [3.8, 4) is 0 Å². The van der Waals surface area contributed by atoms with E-state index in [0.717, 1.165) is 64.2 Å². The van der Waals surface area contributed by atoms with Gasteiger partial charge in [0.15, 0.2) is 6.10 Å². The molecule has 0 bridgehead atoms. The Morgan fingerprint density at radius 3 is 1.80 bits per heavy atom. The van der Waals surface area contributed by atoms with E-state index in [0.29, 0.717) is 19.3 Å². The second kappa shape index (κ2) is 38.7. The van der Waals surface area contributed by atoms with Crippen molar-refractivity contribution in [1.82, 2.24) is 0 Å². The average molecular weight is 780 g/mol. The van der Waals surface area contributed by atoms with Crippen LogP contribution in [0.3, 0.4) is 0 Å². The van der Waals surface area contributed by atoms with Crippen LogP contribution in [-0.4, -0.2) is 60.5 Å². The number of aliphatic hydroxyl groups excluding tert-OH is 1. The highest BCUT2D eigenvalue weighted by Gasteiger charge is 2.26. The smallest absolute Gasteiger partial charge is 0.462 e. The Hall–Kier alpha value is -2.59. The minimum atomic E-state index is -4.43. The van der Waals surface area contributed by atoms with Crippen LogP contribution in [0.1, 0.15) is 149 Å². The first-order chi connectivity index (χ1) is 26.2. The summed E-state index contributed by atoms with van der Waals surface area (Å²) < 4.78 is 32.6. The summed E-state index contributed by atoms with van der Waals surface area (Å²) in [6, 6.07) is 0. The molecular weight excluding hydrogens is 705 g/mol. The minimum Gasteiger partial charge on any atom is -0.462 e. The van der Waals surface area contributed by atoms with Gasteiger partial charge in [-0.3, -0.25) is 18.6 Å². The van der Waals surface area contributed by atoms with E-state index in [1.54, 1.807) is 12.2 Å². The summed E-state index contributed by atoms with van der Waals surface area (Å²) in [5.74, 6) is -1.05. The molecule has 0 aliphatic carbocycles. The van der Waals surface area contributed by atoms with Gasteiger partial charge in [0.05, 0.1) is 19.3 Å². The van der Waals surface area contributed by atoms with Crippen LogP contribution >= 0.6 is 7.82 Å². The van der Waals surface area contributed by atoms with Crippen molar-refractivity contribution in [2.24, 2.45) is 5.73 Å². The van der Waals surface area contributed by atoms with E-state index in [9.17, 15) is 24.2 Å². The standard InChI is InChI=1S/C43H74NO9P/c1-3-5-7-9-11-13-15-17-18-20-22-24-26-28-30-34-43(47)53-41(39-52-54(48,49)51-37-36-44)38-50-42(46)35-31-33-40(45)32-29-27-25-23-21-19-16-14-12-10-8-6-4-2/h11-14,17-19,21,25,27,29,32,40-41,45H,3-10,15-16,20,22-24,26,28,30-31,33-39,44H2,1-2H3,(H,48,49)/b13-11-,14-12-,18-17-,21-19-,27-25-,32-29+/t40-,41-/m1/s1. The zero-order chi connectivity index (χ0) is 39.8. The molecule has 0 aromatic rings. The molecule has 0 heterocycles. The van der Waals surface area contributed by atoms with Crippen molar-refractivity contribution in [1.29, 1.82) is 0 Å². The lowest BCUT2D eigenvalue weighted by molar-refractivity contribution is -0.161. The van der Waals surface area contributed by atoms with Crippen molar-refractivity contribution in [2.45, 2.75) is 161 Å². The van der Waals surface area contributed by atoms with Gasteiger partial charge in [-0.05, 0) is 77.0 Å². The molecule has 310 valence electrons. The average Bonchev–Trinajstić information content (AvgIpc) is 3.15. The molecule has 0 aliphatic rings. The Bertz CT molecular complexity index is 1130. The van der Waals surface area contributed by atoms with E-state index in [4.69, 9.17) is 24.3 Å². The van der Waals surface area contributed by atoms with E-state index >= 15 is 0 Å². The molecule has 0 aliphatic heterocycles. The highest BCUT2D eigenvalue weighted by Crippen LogP contribution is 2.43. The number of unbranched alkanes of at least 4 members (excludes halogenated alkanes) is 11. The number of carbonyl (C=O) groups is 2. The van der Waals surface area contributed by atoms with E-state index in [-0.39, 0.29) is 32.6 Å². The zero-order valence-corrected chi connectivity index (χ0v) is 34.4. The number of phosphoric ester groups is 1. The van der Waals surface area contributed by atoms with Gasteiger partial charge in [0.1, 0.15) is 6.61 Å². The first-order valence-electron chi connectivity index (χ1n) is 20.5. The topological polar surface area (TPSA) is 155 Å². The van der Waals surface area contributed by atoms with E-state index in [1.165, 1.54) is 38.5 Å². The Kier molecular flexibility index (Phi) is 36.8. The van der Waals surface area contributed by atoms with Gasteiger partial charge in [-0.15, -0.1) is 0 Å². The molecule has 0 saturated heterocycles. The molecule has 0 fully saturated rings. The number of carbonyl (C=O) groups excluding carboxylic acids is 2. The van der Waals surface area contributed by atoms with Crippen molar-refractivity contribution in [3.05, 3.63) is 72.9 Å². The lowest BCUT2D eigenvalue weighted by atomic mass is 10.1. The molecule has 1 unspecified atom stereocenters. The van der Waals surface area contributed by atoms with Crippen LogP contribution in [-0.2, 0) is 32.7 Å². The van der Waals surface area contributed by atoms with Crippen LogP contribution in [0.25, 0.3) is 0 Å². The number of aliphatic hydroxyl groups is 1. The minimum absolute atomic E-state index is 0.0217. The SMILES string of the molecule is CCCCC/C=C\C/C=C\C/C=C\C=C\[C@@H](O)CCCC(=O)OC[C@H](COP(=O)(O)OCCN)OC(=O)CCCCCCC/C=C\C/C=C\CCCCC. The van der Waals surface area contributed by atoms with Crippen molar-refractivity contribution in [2.75, 3.05) is 26.4 Å². The van der Waals surface area contributed by atoms with Crippen LogP contribution in [0.15, 0.2) is 72.9 Å². The predicted molar refractivity (Wildman–Crippen MR) is 221 cm³/mol. The predicted octanol–water partition coefficient (Wildman–Crippen LogP) is 10.5. The van der Waals surface area contributed by atoms with E-state index in [2.05, 4.69) is 62.5 Å². The second-order valence-corrected chi connectivity index (χ2v) is 14.8. The van der Waals surface area contributed by atoms with Crippen LogP contribution in [0.2, 0.25) is 0 Å². The number of esters is 2. The Balaban J connectivity index is 4.43. The number of rotatable bonds is 37. The van der Waals surface area contributed by atoms with Crippen LogP contribution in [0.5, 0.6) is 0 Å². The maximum absolute atomic E-state index is 12.6. The van der Waals surface area contributed by atoms with Gasteiger partial charge in [0, 0.05) is 19.4 Å². The summed E-state index contributed by atoms with van der Waals surface area (Å²) >= 11 is 0. The van der Waals surface area contributed by atoms with Gasteiger partial charge in [0.2, 0.25) is 0 Å². The summed E-state index contributed by atoms with van der Waals surface area (Å²) in [5.41, 5.74) is 5.33. The summed E-state index contributed by atoms with van der Waals surface area (Å²) in [6.07, 6.45) is 42.5.